The van der Waals surface area contributed by atoms with Gasteiger partial charge in [0.2, 0.25) is 0 Å². The average Bonchev–Trinajstić information content (AvgIpc) is 2.65. The number of aryl methyl sites for hydroxylation is 1. The minimum absolute atomic E-state index is 0.112. The van der Waals surface area contributed by atoms with Crippen molar-refractivity contribution in [3.63, 3.8) is 0 Å². The fraction of sp³-hybridized carbons (Fsp3) is 0.429. The summed E-state index contributed by atoms with van der Waals surface area (Å²) in [5.41, 5.74) is 8.12. The third-order valence-corrected chi connectivity index (χ3v) is 3.24. The largest absolute Gasteiger partial charge is 0.467 e. The van der Waals surface area contributed by atoms with Crippen molar-refractivity contribution in [2.24, 2.45) is 5.92 Å². The molecule has 2 N–H and O–H groups in total. The Morgan fingerprint density at radius 1 is 1.42 bits per heavy atom. The number of imidazole rings is 1. The molecule has 0 saturated carbocycles. The maximum absolute atomic E-state index is 12.0. The van der Waals surface area contributed by atoms with E-state index in [4.69, 9.17) is 10.5 Å². The van der Waals surface area contributed by atoms with E-state index in [0.717, 1.165) is 16.9 Å². The molecule has 0 amide bonds. The first-order valence-corrected chi connectivity index (χ1v) is 6.27. The molecule has 0 aliphatic rings. The molecule has 1 aromatic heterocycles. The number of nitrogens with zero attached hydrogens (tertiary/aromatic N) is 2. The van der Waals surface area contributed by atoms with Crippen molar-refractivity contribution in [3.05, 3.63) is 24.0 Å². The number of anilines is 1. The van der Waals surface area contributed by atoms with E-state index in [-0.39, 0.29) is 17.9 Å². The molecule has 0 aliphatic heterocycles. The van der Waals surface area contributed by atoms with E-state index in [2.05, 4.69) is 4.98 Å². The third-order valence-electron chi connectivity index (χ3n) is 3.24. The molecule has 1 aromatic carbocycles. The number of rotatable bonds is 3. The number of methoxy groups -OCH3 is 1. The van der Waals surface area contributed by atoms with Crippen LogP contribution < -0.4 is 5.73 Å². The molecule has 0 bridgehead atoms. The van der Waals surface area contributed by atoms with Crippen LogP contribution in [0.25, 0.3) is 11.0 Å². The van der Waals surface area contributed by atoms with Crippen LogP contribution in [0, 0.1) is 12.8 Å². The highest BCUT2D eigenvalue weighted by molar-refractivity contribution is 5.83. The predicted octanol–water partition coefficient (Wildman–Crippen LogP) is 2.30. The van der Waals surface area contributed by atoms with Crippen LogP contribution in [0.5, 0.6) is 0 Å². The number of ether oxygens (including phenoxy) is 1. The summed E-state index contributed by atoms with van der Waals surface area (Å²) in [5.74, 6) is 0.639. The summed E-state index contributed by atoms with van der Waals surface area (Å²) in [4.78, 5) is 16.5. The summed E-state index contributed by atoms with van der Waals surface area (Å²) in [5, 5.41) is 0. The van der Waals surface area contributed by atoms with E-state index in [9.17, 15) is 4.79 Å². The Kier molecular flexibility index (Phi) is 3.46. The van der Waals surface area contributed by atoms with Gasteiger partial charge in [-0.3, -0.25) is 0 Å². The Hall–Kier alpha value is -2.04. The second kappa shape index (κ2) is 4.91. The third kappa shape index (κ3) is 2.28. The standard InChI is InChI=1S/C14H19N3O2/c1-8(2)13(14(18)19-4)17-9(3)16-11-7-10(15)5-6-12(11)17/h5-8,13H,15H2,1-4H3. The molecule has 2 rings (SSSR count). The highest BCUT2D eigenvalue weighted by atomic mass is 16.5. The number of carbonyl (C=O) groups excluding carboxylic acids is 1. The van der Waals surface area contributed by atoms with Gasteiger partial charge in [0.25, 0.3) is 0 Å². The normalized spacial score (nSPS) is 12.9. The van der Waals surface area contributed by atoms with Crippen molar-refractivity contribution >= 4 is 22.7 Å². The second-order valence-electron chi connectivity index (χ2n) is 4.99. The van der Waals surface area contributed by atoms with E-state index < -0.39 is 0 Å². The van der Waals surface area contributed by atoms with Crippen LogP contribution in [-0.2, 0) is 9.53 Å². The SMILES string of the molecule is COC(=O)C(C(C)C)n1c(C)nc2cc(N)ccc21. The summed E-state index contributed by atoms with van der Waals surface area (Å²) >= 11 is 0. The first-order chi connectivity index (χ1) is 8.95. The zero-order chi connectivity index (χ0) is 14.2. The highest BCUT2D eigenvalue weighted by Crippen LogP contribution is 2.28. The van der Waals surface area contributed by atoms with Gasteiger partial charge in [-0.1, -0.05) is 13.8 Å². The van der Waals surface area contributed by atoms with Gasteiger partial charge in [-0.2, -0.15) is 0 Å². The number of hydrogen-bond donors (Lipinski definition) is 1. The van der Waals surface area contributed by atoms with E-state index in [1.54, 1.807) is 0 Å². The molecule has 0 aliphatic carbocycles. The van der Waals surface area contributed by atoms with Gasteiger partial charge in [-0.15, -0.1) is 0 Å². The number of nitrogen functional groups attached to an aromatic ring is 1. The first kappa shape index (κ1) is 13.4. The molecule has 102 valence electrons. The van der Waals surface area contributed by atoms with E-state index in [1.807, 2.05) is 43.5 Å². The maximum atomic E-state index is 12.0. The molecule has 2 aromatic rings. The van der Waals surface area contributed by atoms with Crippen molar-refractivity contribution in [1.82, 2.24) is 9.55 Å². The van der Waals surface area contributed by atoms with Gasteiger partial charge < -0.3 is 15.0 Å². The van der Waals surface area contributed by atoms with Crippen LogP contribution in [0.3, 0.4) is 0 Å². The molecule has 0 radical (unpaired) electrons. The van der Waals surface area contributed by atoms with Gasteiger partial charge in [0, 0.05) is 5.69 Å². The topological polar surface area (TPSA) is 70.1 Å². The molecule has 0 fully saturated rings. The molecule has 19 heavy (non-hydrogen) atoms. The molecule has 1 unspecified atom stereocenters. The number of nitrogens with two attached hydrogens (primary N) is 1. The van der Waals surface area contributed by atoms with Crippen LogP contribution in [0.15, 0.2) is 18.2 Å². The van der Waals surface area contributed by atoms with E-state index in [0.29, 0.717) is 5.69 Å². The zero-order valence-electron chi connectivity index (χ0n) is 11.7. The van der Waals surface area contributed by atoms with Gasteiger partial charge >= 0.3 is 5.97 Å². The van der Waals surface area contributed by atoms with Gasteiger partial charge in [-0.05, 0) is 31.0 Å². The molecule has 1 heterocycles. The Balaban J connectivity index is 2.65. The van der Waals surface area contributed by atoms with Crippen molar-refractivity contribution in [2.45, 2.75) is 26.8 Å². The van der Waals surface area contributed by atoms with Crippen LogP contribution in [0.2, 0.25) is 0 Å². The number of esters is 1. The van der Waals surface area contributed by atoms with E-state index in [1.165, 1.54) is 7.11 Å². The fourth-order valence-corrected chi connectivity index (χ4v) is 2.38. The number of fused-ring (bicyclic) bond motifs is 1. The number of aromatic nitrogens is 2. The lowest BCUT2D eigenvalue weighted by Gasteiger charge is -2.22. The maximum Gasteiger partial charge on any atom is 0.329 e. The van der Waals surface area contributed by atoms with Crippen LogP contribution >= 0.6 is 0 Å². The molecule has 0 saturated heterocycles. The Morgan fingerprint density at radius 3 is 2.68 bits per heavy atom. The minimum Gasteiger partial charge on any atom is -0.467 e. The summed E-state index contributed by atoms with van der Waals surface area (Å²) in [6, 6.07) is 5.14. The monoisotopic (exact) mass is 261 g/mol. The lowest BCUT2D eigenvalue weighted by molar-refractivity contribution is -0.145. The molecular formula is C14H19N3O2. The lowest BCUT2D eigenvalue weighted by Crippen LogP contribution is -2.26. The summed E-state index contributed by atoms with van der Waals surface area (Å²) in [6.07, 6.45) is 0. The average molecular weight is 261 g/mol. The summed E-state index contributed by atoms with van der Waals surface area (Å²) in [7, 11) is 1.41. The predicted molar refractivity (Wildman–Crippen MR) is 74.8 cm³/mol. The zero-order valence-corrected chi connectivity index (χ0v) is 11.7. The van der Waals surface area contributed by atoms with E-state index >= 15 is 0 Å². The number of carbonyl (C=O) groups is 1. The smallest absolute Gasteiger partial charge is 0.329 e. The van der Waals surface area contributed by atoms with Gasteiger partial charge in [0.1, 0.15) is 11.9 Å². The van der Waals surface area contributed by atoms with Crippen molar-refractivity contribution in [3.8, 4) is 0 Å². The number of hydrogen-bond acceptors (Lipinski definition) is 4. The Bertz CT molecular complexity index is 616. The highest BCUT2D eigenvalue weighted by Gasteiger charge is 2.28. The minimum atomic E-state index is -0.376. The van der Waals surface area contributed by atoms with Crippen molar-refractivity contribution in [2.75, 3.05) is 12.8 Å². The van der Waals surface area contributed by atoms with Gasteiger partial charge in [-0.25, -0.2) is 9.78 Å². The quantitative estimate of drug-likeness (QED) is 0.680. The van der Waals surface area contributed by atoms with Gasteiger partial charge in [0.05, 0.1) is 18.1 Å². The molecule has 1 atom stereocenters. The van der Waals surface area contributed by atoms with Crippen molar-refractivity contribution < 1.29 is 9.53 Å². The van der Waals surface area contributed by atoms with Crippen molar-refractivity contribution in [1.29, 1.82) is 0 Å². The second-order valence-corrected chi connectivity index (χ2v) is 4.99. The van der Waals surface area contributed by atoms with Crippen LogP contribution in [0.4, 0.5) is 5.69 Å². The fourth-order valence-electron chi connectivity index (χ4n) is 2.38. The summed E-state index contributed by atoms with van der Waals surface area (Å²) in [6.45, 7) is 5.86. The molecular weight excluding hydrogens is 242 g/mol. The molecule has 5 heteroatoms. The molecule has 0 spiro atoms. The summed E-state index contributed by atoms with van der Waals surface area (Å²) < 4.78 is 6.83. The number of benzene rings is 1. The van der Waals surface area contributed by atoms with Crippen LogP contribution in [0.1, 0.15) is 25.7 Å². The first-order valence-electron chi connectivity index (χ1n) is 6.27. The Morgan fingerprint density at radius 2 is 2.11 bits per heavy atom. The Labute approximate surface area is 112 Å². The van der Waals surface area contributed by atoms with Gasteiger partial charge in [0.15, 0.2) is 0 Å². The van der Waals surface area contributed by atoms with Crippen LogP contribution in [-0.4, -0.2) is 22.6 Å². The lowest BCUT2D eigenvalue weighted by atomic mass is 10.0. The molecule has 5 nitrogen and oxygen atoms in total.